The fraction of sp³-hybridized carbons (Fsp3) is 0.632. The summed E-state index contributed by atoms with van der Waals surface area (Å²) < 4.78 is 0. The van der Waals surface area contributed by atoms with Crippen LogP contribution in [-0.2, 0) is 6.54 Å². The van der Waals surface area contributed by atoms with E-state index >= 15 is 0 Å². The first-order valence-electron chi connectivity index (χ1n) is 9.05. The second-order valence-corrected chi connectivity index (χ2v) is 8.08. The van der Waals surface area contributed by atoms with Crippen LogP contribution in [0.3, 0.4) is 0 Å². The molecule has 2 aliphatic rings. The van der Waals surface area contributed by atoms with Crippen LogP contribution in [0.25, 0.3) is 0 Å². The van der Waals surface area contributed by atoms with Gasteiger partial charge in [-0.1, -0.05) is 12.1 Å². The molecule has 2 heterocycles. The standard InChI is InChI=1S/C19H28N2O2S/c22-15-17-6-9-20(10-7-17)14-16-2-4-18(5-3-16)19(23)21-8-1-12-24-13-11-21/h2-5,17,22H,1,6-15H2. The first-order valence-corrected chi connectivity index (χ1v) is 10.2. The van der Waals surface area contributed by atoms with Gasteiger partial charge in [0.15, 0.2) is 0 Å². The number of nitrogens with zero attached hydrogens (tertiary/aromatic N) is 2. The van der Waals surface area contributed by atoms with Crippen molar-refractivity contribution >= 4 is 17.7 Å². The minimum Gasteiger partial charge on any atom is -0.396 e. The van der Waals surface area contributed by atoms with E-state index in [2.05, 4.69) is 17.0 Å². The molecule has 2 aliphatic heterocycles. The number of aliphatic hydroxyl groups excluding tert-OH is 1. The van der Waals surface area contributed by atoms with Crippen molar-refractivity contribution in [2.45, 2.75) is 25.8 Å². The van der Waals surface area contributed by atoms with Crippen LogP contribution >= 0.6 is 11.8 Å². The molecule has 24 heavy (non-hydrogen) atoms. The van der Waals surface area contributed by atoms with Crippen LogP contribution in [0, 0.1) is 5.92 Å². The molecule has 0 saturated carbocycles. The predicted molar refractivity (Wildman–Crippen MR) is 99.4 cm³/mol. The zero-order valence-corrected chi connectivity index (χ0v) is 15.1. The van der Waals surface area contributed by atoms with E-state index in [1.165, 1.54) is 5.56 Å². The lowest BCUT2D eigenvalue weighted by Crippen LogP contribution is -2.34. The highest BCUT2D eigenvalue weighted by molar-refractivity contribution is 7.99. The molecular formula is C19H28N2O2S. The Bertz CT molecular complexity index is 519. The van der Waals surface area contributed by atoms with Gasteiger partial charge in [0.1, 0.15) is 0 Å². The molecule has 4 nitrogen and oxygen atoms in total. The molecular weight excluding hydrogens is 320 g/mol. The SMILES string of the molecule is O=C(c1ccc(CN2CCC(CO)CC2)cc1)N1CCCSCC1. The molecule has 3 rings (SSSR count). The molecule has 0 radical (unpaired) electrons. The van der Waals surface area contributed by atoms with Crippen LogP contribution in [-0.4, -0.2) is 65.1 Å². The van der Waals surface area contributed by atoms with E-state index in [9.17, 15) is 9.90 Å². The number of hydrogen-bond acceptors (Lipinski definition) is 4. The van der Waals surface area contributed by atoms with Crippen molar-refractivity contribution < 1.29 is 9.90 Å². The largest absolute Gasteiger partial charge is 0.396 e. The Kier molecular flexibility index (Phi) is 6.58. The summed E-state index contributed by atoms with van der Waals surface area (Å²) >= 11 is 1.94. The number of amides is 1. The van der Waals surface area contributed by atoms with Gasteiger partial charge in [0.25, 0.3) is 5.91 Å². The predicted octanol–water partition coefficient (Wildman–Crippen LogP) is 2.47. The normalized spacial score (nSPS) is 20.8. The monoisotopic (exact) mass is 348 g/mol. The molecule has 0 aliphatic carbocycles. The number of aliphatic hydroxyl groups is 1. The molecule has 132 valence electrons. The molecule has 1 amide bonds. The van der Waals surface area contributed by atoms with Crippen molar-refractivity contribution in [3.63, 3.8) is 0 Å². The molecule has 5 heteroatoms. The topological polar surface area (TPSA) is 43.8 Å². The summed E-state index contributed by atoms with van der Waals surface area (Å²) in [6.45, 7) is 5.11. The zero-order valence-electron chi connectivity index (χ0n) is 14.3. The number of piperidine rings is 1. The summed E-state index contributed by atoms with van der Waals surface area (Å²) in [7, 11) is 0. The maximum atomic E-state index is 12.6. The molecule has 0 spiro atoms. The van der Waals surface area contributed by atoms with Crippen molar-refractivity contribution in [1.82, 2.24) is 9.80 Å². The number of rotatable bonds is 4. The molecule has 1 aromatic rings. The van der Waals surface area contributed by atoms with Crippen LogP contribution in [0.15, 0.2) is 24.3 Å². The molecule has 2 fully saturated rings. The summed E-state index contributed by atoms with van der Waals surface area (Å²) in [6, 6.07) is 8.15. The van der Waals surface area contributed by atoms with Crippen LogP contribution in [0.1, 0.15) is 35.2 Å². The van der Waals surface area contributed by atoms with E-state index in [-0.39, 0.29) is 5.91 Å². The van der Waals surface area contributed by atoms with Gasteiger partial charge in [-0.15, -0.1) is 0 Å². The fourth-order valence-electron chi connectivity index (χ4n) is 3.47. The van der Waals surface area contributed by atoms with Crippen molar-refractivity contribution in [2.75, 3.05) is 44.3 Å². The summed E-state index contributed by atoms with van der Waals surface area (Å²) in [4.78, 5) is 17.0. The summed E-state index contributed by atoms with van der Waals surface area (Å²) in [5.41, 5.74) is 2.07. The van der Waals surface area contributed by atoms with Crippen molar-refractivity contribution in [3.05, 3.63) is 35.4 Å². The third-order valence-electron chi connectivity index (χ3n) is 5.08. The van der Waals surface area contributed by atoms with Crippen LogP contribution in [0.4, 0.5) is 0 Å². The second kappa shape index (κ2) is 8.88. The Labute approximate surface area is 149 Å². The molecule has 2 saturated heterocycles. The van der Waals surface area contributed by atoms with Gasteiger partial charge in [-0.2, -0.15) is 11.8 Å². The fourth-order valence-corrected chi connectivity index (χ4v) is 4.36. The van der Waals surface area contributed by atoms with Crippen LogP contribution in [0.2, 0.25) is 0 Å². The number of hydrogen-bond donors (Lipinski definition) is 1. The lowest BCUT2D eigenvalue weighted by molar-refractivity contribution is 0.0768. The van der Waals surface area contributed by atoms with Gasteiger partial charge in [0.2, 0.25) is 0 Å². The molecule has 0 aromatic heterocycles. The van der Waals surface area contributed by atoms with Crippen molar-refractivity contribution in [1.29, 1.82) is 0 Å². The Morgan fingerprint density at radius 2 is 1.83 bits per heavy atom. The summed E-state index contributed by atoms with van der Waals surface area (Å²) in [5, 5.41) is 9.22. The summed E-state index contributed by atoms with van der Waals surface area (Å²) in [5.74, 6) is 2.87. The quantitative estimate of drug-likeness (QED) is 0.908. The van der Waals surface area contributed by atoms with Gasteiger partial charge in [0, 0.05) is 37.6 Å². The smallest absolute Gasteiger partial charge is 0.253 e. The van der Waals surface area contributed by atoms with Gasteiger partial charge < -0.3 is 10.0 Å². The number of likely N-dealkylation sites (tertiary alicyclic amines) is 1. The van der Waals surface area contributed by atoms with Gasteiger partial charge in [-0.25, -0.2) is 0 Å². The van der Waals surface area contributed by atoms with Crippen LogP contribution in [0.5, 0.6) is 0 Å². The van der Waals surface area contributed by atoms with E-state index < -0.39 is 0 Å². The number of carbonyl (C=O) groups is 1. The Morgan fingerprint density at radius 3 is 2.54 bits per heavy atom. The molecule has 1 N–H and O–H groups in total. The van der Waals surface area contributed by atoms with Crippen molar-refractivity contribution in [3.8, 4) is 0 Å². The van der Waals surface area contributed by atoms with E-state index in [1.54, 1.807) is 0 Å². The lowest BCUT2D eigenvalue weighted by atomic mass is 9.97. The number of thioether (sulfide) groups is 1. The van der Waals surface area contributed by atoms with E-state index in [0.717, 1.165) is 69.1 Å². The zero-order chi connectivity index (χ0) is 16.8. The maximum Gasteiger partial charge on any atom is 0.253 e. The minimum absolute atomic E-state index is 0.174. The van der Waals surface area contributed by atoms with Gasteiger partial charge in [0.05, 0.1) is 0 Å². The average molecular weight is 349 g/mol. The highest BCUT2D eigenvalue weighted by Gasteiger charge is 2.19. The van der Waals surface area contributed by atoms with E-state index in [4.69, 9.17) is 0 Å². The van der Waals surface area contributed by atoms with Gasteiger partial charge in [-0.05, 0) is 61.7 Å². The lowest BCUT2D eigenvalue weighted by Gasteiger charge is -2.31. The van der Waals surface area contributed by atoms with Gasteiger partial charge >= 0.3 is 0 Å². The Hall–Kier alpha value is -1.04. The number of carbonyl (C=O) groups excluding carboxylic acids is 1. The maximum absolute atomic E-state index is 12.6. The first kappa shape index (κ1) is 17.8. The van der Waals surface area contributed by atoms with Gasteiger partial charge in [-0.3, -0.25) is 9.69 Å². The highest BCUT2D eigenvalue weighted by Crippen LogP contribution is 2.19. The molecule has 0 bridgehead atoms. The molecule has 1 aromatic carbocycles. The van der Waals surface area contributed by atoms with E-state index in [0.29, 0.717) is 12.5 Å². The van der Waals surface area contributed by atoms with E-state index in [1.807, 2.05) is 28.8 Å². The third kappa shape index (κ3) is 4.74. The molecule has 0 unspecified atom stereocenters. The average Bonchev–Trinajstić information content (AvgIpc) is 2.92. The Morgan fingerprint density at radius 1 is 1.08 bits per heavy atom. The second-order valence-electron chi connectivity index (χ2n) is 6.86. The Balaban J connectivity index is 1.54. The number of benzene rings is 1. The van der Waals surface area contributed by atoms with Crippen LogP contribution < -0.4 is 0 Å². The highest BCUT2D eigenvalue weighted by atomic mass is 32.2. The molecule has 0 atom stereocenters. The minimum atomic E-state index is 0.174. The first-order chi connectivity index (χ1) is 11.8. The summed E-state index contributed by atoms with van der Waals surface area (Å²) in [6.07, 6.45) is 3.26. The third-order valence-corrected chi connectivity index (χ3v) is 6.13. The van der Waals surface area contributed by atoms with Crippen molar-refractivity contribution in [2.24, 2.45) is 5.92 Å².